The van der Waals surface area contributed by atoms with Crippen LogP contribution in [-0.2, 0) is 4.79 Å². The maximum absolute atomic E-state index is 10.4. The van der Waals surface area contributed by atoms with E-state index in [4.69, 9.17) is 5.11 Å². The maximum atomic E-state index is 10.4. The molecular weight excluding hydrogens is 272 g/mol. The van der Waals surface area contributed by atoms with Crippen molar-refractivity contribution in [1.29, 1.82) is 0 Å². The largest absolute Gasteiger partial charge is 0.507 e. The summed E-state index contributed by atoms with van der Waals surface area (Å²) in [5.41, 5.74) is 1.79. The number of carboxylic acid groups (broad SMARTS) is 1. The van der Waals surface area contributed by atoms with Crippen molar-refractivity contribution in [1.82, 2.24) is 0 Å². The Morgan fingerprint density at radius 1 is 1.05 bits per heavy atom. The maximum Gasteiger partial charge on any atom is 0.303 e. The minimum absolute atomic E-state index is 0.211. The van der Waals surface area contributed by atoms with Crippen LogP contribution in [-0.4, -0.2) is 21.9 Å². The van der Waals surface area contributed by atoms with Gasteiger partial charge in [-0.2, -0.15) is 0 Å². The normalized spacial score (nSPS) is 10.4. The molecule has 0 aliphatic carbocycles. The third-order valence-corrected chi connectivity index (χ3v) is 3.97. The molecule has 2 aromatic carbocycles. The number of thioether (sulfide) groups is 1. The summed E-state index contributed by atoms with van der Waals surface area (Å²) in [6.07, 6.45) is 0.879. The molecule has 2 aromatic rings. The van der Waals surface area contributed by atoms with Gasteiger partial charge in [0.25, 0.3) is 0 Å². The highest BCUT2D eigenvalue weighted by molar-refractivity contribution is 7.99. The number of carbonyl (C=O) groups is 1. The Hall–Kier alpha value is -1.94. The molecule has 3 nitrogen and oxygen atoms in total. The molecule has 2 N–H and O–H groups in total. The van der Waals surface area contributed by atoms with Crippen LogP contribution in [0, 0.1) is 0 Å². The number of hydrogen-bond acceptors (Lipinski definition) is 3. The van der Waals surface area contributed by atoms with Crippen molar-refractivity contribution in [3.8, 4) is 16.9 Å². The molecule has 2 rings (SSSR count). The third kappa shape index (κ3) is 4.03. The fraction of sp³-hybridized carbons (Fsp3) is 0.188. The van der Waals surface area contributed by atoms with Gasteiger partial charge in [0.2, 0.25) is 0 Å². The molecule has 0 saturated carbocycles. The molecule has 0 saturated heterocycles. The van der Waals surface area contributed by atoms with Gasteiger partial charge in [-0.1, -0.05) is 30.3 Å². The summed E-state index contributed by atoms with van der Waals surface area (Å²) >= 11 is 1.64. The number of rotatable bonds is 6. The number of benzene rings is 2. The molecule has 0 heterocycles. The minimum atomic E-state index is -0.750. The number of aromatic hydroxyl groups is 1. The number of phenols is 1. The van der Waals surface area contributed by atoms with Crippen molar-refractivity contribution in [3.05, 3.63) is 48.5 Å². The van der Waals surface area contributed by atoms with Crippen LogP contribution in [0.4, 0.5) is 0 Å². The summed E-state index contributed by atoms with van der Waals surface area (Å²) in [5.74, 6) is 0.317. The highest BCUT2D eigenvalue weighted by atomic mass is 32.2. The monoisotopic (exact) mass is 288 g/mol. The first-order valence-electron chi connectivity index (χ1n) is 6.40. The molecule has 0 aromatic heterocycles. The molecule has 0 atom stereocenters. The molecule has 0 aliphatic heterocycles. The van der Waals surface area contributed by atoms with Crippen LogP contribution < -0.4 is 0 Å². The number of hydrogen-bond donors (Lipinski definition) is 2. The van der Waals surface area contributed by atoms with Gasteiger partial charge in [0.05, 0.1) is 0 Å². The van der Waals surface area contributed by atoms with Crippen LogP contribution in [0.5, 0.6) is 5.75 Å². The van der Waals surface area contributed by atoms with Gasteiger partial charge in [-0.3, -0.25) is 4.79 Å². The first-order valence-corrected chi connectivity index (χ1v) is 7.38. The van der Waals surface area contributed by atoms with E-state index in [9.17, 15) is 9.90 Å². The van der Waals surface area contributed by atoms with Gasteiger partial charge in [0.15, 0.2) is 0 Å². The van der Waals surface area contributed by atoms with Gasteiger partial charge in [-0.05, 0) is 35.9 Å². The Morgan fingerprint density at radius 2 is 1.75 bits per heavy atom. The second-order valence-electron chi connectivity index (χ2n) is 4.39. The van der Waals surface area contributed by atoms with Gasteiger partial charge >= 0.3 is 5.97 Å². The summed E-state index contributed by atoms with van der Waals surface area (Å²) in [5, 5.41) is 18.4. The van der Waals surface area contributed by atoms with Crippen LogP contribution in [0.15, 0.2) is 53.4 Å². The Morgan fingerprint density at radius 3 is 2.40 bits per heavy atom. The number of aliphatic carboxylic acids is 1. The lowest BCUT2D eigenvalue weighted by Crippen LogP contribution is -1.94. The summed E-state index contributed by atoms with van der Waals surface area (Å²) < 4.78 is 0. The highest BCUT2D eigenvalue weighted by Gasteiger charge is 2.03. The molecule has 0 unspecified atom stereocenters. The molecule has 20 heavy (non-hydrogen) atoms. The zero-order chi connectivity index (χ0) is 14.4. The fourth-order valence-corrected chi connectivity index (χ4v) is 2.71. The molecule has 0 spiro atoms. The van der Waals surface area contributed by atoms with E-state index in [1.165, 1.54) is 0 Å². The SMILES string of the molecule is O=C(O)CCCSc1ccc(-c2ccccc2O)cc1. The van der Waals surface area contributed by atoms with E-state index >= 15 is 0 Å². The van der Waals surface area contributed by atoms with E-state index in [0.29, 0.717) is 6.42 Å². The molecule has 0 aliphatic rings. The predicted molar refractivity (Wildman–Crippen MR) is 81.1 cm³/mol. The first kappa shape index (κ1) is 14.5. The van der Waals surface area contributed by atoms with Crippen molar-refractivity contribution < 1.29 is 15.0 Å². The summed E-state index contributed by atoms with van der Waals surface area (Å²) in [7, 11) is 0. The lowest BCUT2D eigenvalue weighted by molar-refractivity contribution is -0.137. The molecule has 0 fully saturated rings. The second-order valence-corrected chi connectivity index (χ2v) is 5.56. The average Bonchev–Trinajstić information content (AvgIpc) is 2.45. The minimum Gasteiger partial charge on any atom is -0.507 e. The molecule has 0 amide bonds. The standard InChI is InChI=1S/C16H16O3S/c17-15-5-2-1-4-14(15)12-7-9-13(10-8-12)20-11-3-6-16(18)19/h1-2,4-5,7-10,17H,3,6,11H2,(H,18,19). The van der Waals surface area contributed by atoms with E-state index in [-0.39, 0.29) is 12.2 Å². The van der Waals surface area contributed by atoms with Gasteiger partial charge in [-0.25, -0.2) is 0 Å². The van der Waals surface area contributed by atoms with Gasteiger partial charge in [0, 0.05) is 16.9 Å². The van der Waals surface area contributed by atoms with Crippen molar-refractivity contribution in [2.75, 3.05) is 5.75 Å². The summed E-state index contributed by atoms with van der Waals surface area (Å²) in [4.78, 5) is 11.5. The van der Waals surface area contributed by atoms with Crippen LogP contribution in [0.25, 0.3) is 11.1 Å². The molecular formula is C16H16O3S. The Kier molecular flexibility index (Phi) is 5.07. The van der Waals surface area contributed by atoms with Crippen LogP contribution >= 0.6 is 11.8 Å². The van der Waals surface area contributed by atoms with Crippen molar-refractivity contribution in [3.63, 3.8) is 0 Å². The van der Waals surface area contributed by atoms with E-state index in [0.717, 1.165) is 21.8 Å². The second kappa shape index (κ2) is 7.01. The van der Waals surface area contributed by atoms with Crippen molar-refractivity contribution in [2.24, 2.45) is 0 Å². The van der Waals surface area contributed by atoms with Gasteiger partial charge in [0.1, 0.15) is 5.75 Å². The lowest BCUT2D eigenvalue weighted by Gasteiger charge is -2.06. The topological polar surface area (TPSA) is 57.5 Å². The summed E-state index contributed by atoms with van der Waals surface area (Å²) in [6, 6.07) is 15.2. The molecule has 0 bridgehead atoms. The van der Waals surface area contributed by atoms with E-state index < -0.39 is 5.97 Å². The lowest BCUT2D eigenvalue weighted by atomic mass is 10.1. The zero-order valence-corrected chi connectivity index (χ0v) is 11.8. The van der Waals surface area contributed by atoms with E-state index in [1.807, 2.05) is 36.4 Å². The fourth-order valence-electron chi connectivity index (χ4n) is 1.86. The number of para-hydroxylation sites is 1. The number of phenolic OH excluding ortho intramolecular Hbond substituents is 1. The predicted octanol–water partition coefficient (Wildman–Crippen LogP) is 4.02. The van der Waals surface area contributed by atoms with Gasteiger partial charge in [-0.15, -0.1) is 11.8 Å². The average molecular weight is 288 g/mol. The smallest absolute Gasteiger partial charge is 0.303 e. The highest BCUT2D eigenvalue weighted by Crippen LogP contribution is 2.30. The van der Waals surface area contributed by atoms with Crippen molar-refractivity contribution in [2.45, 2.75) is 17.7 Å². The Bertz CT molecular complexity index is 579. The Labute approximate surface area is 122 Å². The zero-order valence-electron chi connectivity index (χ0n) is 11.0. The third-order valence-electron chi connectivity index (χ3n) is 2.87. The van der Waals surface area contributed by atoms with E-state index in [1.54, 1.807) is 23.9 Å². The van der Waals surface area contributed by atoms with E-state index in [2.05, 4.69) is 0 Å². The number of carboxylic acids is 1. The molecule has 0 radical (unpaired) electrons. The molecule has 4 heteroatoms. The molecule has 104 valence electrons. The van der Waals surface area contributed by atoms with Crippen molar-refractivity contribution >= 4 is 17.7 Å². The summed E-state index contributed by atoms with van der Waals surface area (Å²) in [6.45, 7) is 0. The Balaban J connectivity index is 1.97. The first-order chi connectivity index (χ1) is 9.66. The quantitative estimate of drug-likeness (QED) is 0.622. The van der Waals surface area contributed by atoms with Crippen LogP contribution in [0.3, 0.4) is 0 Å². The van der Waals surface area contributed by atoms with Crippen LogP contribution in [0.1, 0.15) is 12.8 Å². The van der Waals surface area contributed by atoms with Gasteiger partial charge < -0.3 is 10.2 Å². The van der Waals surface area contributed by atoms with Crippen LogP contribution in [0.2, 0.25) is 0 Å².